The van der Waals surface area contributed by atoms with Gasteiger partial charge in [-0.2, -0.15) is 5.10 Å². The Morgan fingerprint density at radius 3 is 2.77 bits per heavy atom. The fourth-order valence-electron chi connectivity index (χ4n) is 0.984. The average molecular weight is 182 g/mol. The van der Waals surface area contributed by atoms with Gasteiger partial charge in [-0.15, -0.1) is 0 Å². The summed E-state index contributed by atoms with van der Waals surface area (Å²) in [5.41, 5.74) is 6.91. The predicted octanol–water partition coefficient (Wildman–Crippen LogP) is 0.815. The zero-order valence-corrected chi connectivity index (χ0v) is 8.49. The lowest BCUT2D eigenvalue weighted by atomic mass is 10.1. The number of aryl methyl sites for hydroxylation is 1. The molecule has 0 aliphatic rings. The SMILES string of the molecule is CC(C)[C@H](N)CNc1cnn(C)c1. The maximum Gasteiger partial charge on any atom is 0.0726 e. The smallest absolute Gasteiger partial charge is 0.0726 e. The van der Waals surface area contributed by atoms with Crippen molar-refractivity contribution in [1.82, 2.24) is 9.78 Å². The van der Waals surface area contributed by atoms with Gasteiger partial charge in [0.25, 0.3) is 0 Å². The Balaban J connectivity index is 2.35. The van der Waals surface area contributed by atoms with Gasteiger partial charge in [-0.05, 0) is 5.92 Å². The molecule has 4 nitrogen and oxygen atoms in total. The first-order valence-electron chi connectivity index (χ1n) is 4.57. The van der Waals surface area contributed by atoms with Gasteiger partial charge in [-0.1, -0.05) is 13.8 Å². The van der Waals surface area contributed by atoms with Gasteiger partial charge in [-0.3, -0.25) is 4.68 Å². The van der Waals surface area contributed by atoms with Crippen LogP contribution in [0.5, 0.6) is 0 Å². The molecule has 0 aromatic carbocycles. The molecule has 0 bridgehead atoms. The lowest BCUT2D eigenvalue weighted by molar-refractivity contribution is 0.511. The van der Waals surface area contributed by atoms with E-state index in [0.717, 1.165) is 12.2 Å². The van der Waals surface area contributed by atoms with Crippen molar-refractivity contribution in [2.45, 2.75) is 19.9 Å². The number of aromatic nitrogens is 2. The second-order valence-electron chi connectivity index (χ2n) is 3.69. The molecule has 4 heteroatoms. The van der Waals surface area contributed by atoms with Gasteiger partial charge in [0, 0.05) is 25.8 Å². The molecule has 1 atom stereocenters. The molecule has 1 heterocycles. The second kappa shape index (κ2) is 4.28. The second-order valence-corrected chi connectivity index (χ2v) is 3.69. The monoisotopic (exact) mass is 182 g/mol. The van der Waals surface area contributed by atoms with E-state index in [1.165, 1.54) is 0 Å². The Hall–Kier alpha value is -1.03. The number of nitrogens with one attached hydrogen (secondary N) is 1. The van der Waals surface area contributed by atoms with Gasteiger partial charge in [0.1, 0.15) is 0 Å². The van der Waals surface area contributed by atoms with E-state index in [4.69, 9.17) is 5.73 Å². The first-order chi connectivity index (χ1) is 6.09. The summed E-state index contributed by atoms with van der Waals surface area (Å²) in [5.74, 6) is 0.504. The topological polar surface area (TPSA) is 55.9 Å². The highest BCUT2D eigenvalue weighted by atomic mass is 15.3. The van der Waals surface area contributed by atoms with E-state index in [9.17, 15) is 0 Å². The summed E-state index contributed by atoms with van der Waals surface area (Å²) in [7, 11) is 1.90. The zero-order chi connectivity index (χ0) is 9.84. The van der Waals surface area contributed by atoms with E-state index in [2.05, 4.69) is 24.3 Å². The standard InChI is InChI=1S/C9H18N4/c1-7(2)9(10)5-11-8-4-12-13(3)6-8/h4,6-7,9,11H,5,10H2,1-3H3/t9-/m1/s1. The highest BCUT2D eigenvalue weighted by Gasteiger charge is 2.06. The minimum absolute atomic E-state index is 0.195. The summed E-state index contributed by atoms with van der Waals surface area (Å²) in [5, 5.41) is 7.29. The number of nitrogens with two attached hydrogens (primary N) is 1. The number of rotatable bonds is 4. The van der Waals surface area contributed by atoms with Crippen LogP contribution in [0.3, 0.4) is 0 Å². The summed E-state index contributed by atoms with van der Waals surface area (Å²) in [6.45, 7) is 5.04. The molecule has 1 aromatic rings. The van der Waals surface area contributed by atoms with Crippen molar-refractivity contribution < 1.29 is 0 Å². The van der Waals surface area contributed by atoms with Gasteiger partial charge in [0.15, 0.2) is 0 Å². The third kappa shape index (κ3) is 3.06. The first kappa shape index (κ1) is 10.1. The maximum absolute atomic E-state index is 5.88. The van der Waals surface area contributed by atoms with Crippen molar-refractivity contribution >= 4 is 5.69 Å². The molecule has 3 N–H and O–H groups in total. The van der Waals surface area contributed by atoms with Crippen LogP contribution in [0.1, 0.15) is 13.8 Å². The molecule has 0 saturated carbocycles. The summed E-state index contributed by atoms with van der Waals surface area (Å²) < 4.78 is 1.77. The van der Waals surface area contributed by atoms with Crippen LogP contribution in [0.25, 0.3) is 0 Å². The maximum atomic E-state index is 5.88. The number of anilines is 1. The van der Waals surface area contributed by atoms with Crippen LogP contribution >= 0.6 is 0 Å². The largest absolute Gasteiger partial charge is 0.381 e. The van der Waals surface area contributed by atoms with Crippen LogP contribution in [-0.2, 0) is 7.05 Å². The van der Waals surface area contributed by atoms with E-state index in [-0.39, 0.29) is 6.04 Å². The van der Waals surface area contributed by atoms with Crippen molar-refractivity contribution in [2.75, 3.05) is 11.9 Å². The molecule has 0 fully saturated rings. The normalized spacial score (nSPS) is 13.3. The van der Waals surface area contributed by atoms with Crippen LogP contribution < -0.4 is 11.1 Å². The zero-order valence-electron chi connectivity index (χ0n) is 8.49. The number of hydrogen-bond donors (Lipinski definition) is 2. The van der Waals surface area contributed by atoms with Crippen LogP contribution in [0.4, 0.5) is 5.69 Å². The Bertz CT molecular complexity index is 254. The molecular weight excluding hydrogens is 164 g/mol. The fourth-order valence-corrected chi connectivity index (χ4v) is 0.984. The molecule has 0 aliphatic carbocycles. The molecule has 0 radical (unpaired) electrons. The molecule has 1 aromatic heterocycles. The lowest BCUT2D eigenvalue weighted by Gasteiger charge is -2.15. The van der Waals surface area contributed by atoms with Crippen molar-refractivity contribution in [3.63, 3.8) is 0 Å². The van der Waals surface area contributed by atoms with Crippen molar-refractivity contribution in [3.8, 4) is 0 Å². The third-order valence-corrected chi connectivity index (χ3v) is 2.10. The molecule has 0 saturated heterocycles. The minimum Gasteiger partial charge on any atom is -0.381 e. The van der Waals surface area contributed by atoms with Crippen molar-refractivity contribution in [2.24, 2.45) is 18.7 Å². The first-order valence-corrected chi connectivity index (χ1v) is 4.57. The summed E-state index contributed by atoms with van der Waals surface area (Å²) >= 11 is 0. The van der Waals surface area contributed by atoms with Crippen molar-refractivity contribution in [1.29, 1.82) is 0 Å². The lowest BCUT2D eigenvalue weighted by Crippen LogP contribution is -2.33. The number of nitrogens with zero attached hydrogens (tertiary/aromatic N) is 2. The van der Waals surface area contributed by atoms with E-state index in [0.29, 0.717) is 5.92 Å². The Labute approximate surface area is 79.1 Å². The van der Waals surface area contributed by atoms with Gasteiger partial charge < -0.3 is 11.1 Å². The fraction of sp³-hybridized carbons (Fsp3) is 0.667. The molecule has 13 heavy (non-hydrogen) atoms. The Kier molecular flexibility index (Phi) is 3.31. The third-order valence-electron chi connectivity index (χ3n) is 2.10. The predicted molar refractivity (Wildman–Crippen MR) is 54.5 cm³/mol. The van der Waals surface area contributed by atoms with E-state index < -0.39 is 0 Å². The highest BCUT2D eigenvalue weighted by Crippen LogP contribution is 2.05. The summed E-state index contributed by atoms with van der Waals surface area (Å²) in [6, 6.07) is 0.195. The highest BCUT2D eigenvalue weighted by molar-refractivity contribution is 5.38. The average Bonchev–Trinajstić information content (AvgIpc) is 2.47. The van der Waals surface area contributed by atoms with Gasteiger partial charge >= 0.3 is 0 Å². The minimum atomic E-state index is 0.195. The van der Waals surface area contributed by atoms with Crippen LogP contribution in [0.15, 0.2) is 12.4 Å². The molecule has 74 valence electrons. The van der Waals surface area contributed by atoms with E-state index in [1.54, 1.807) is 10.9 Å². The molecule has 0 unspecified atom stereocenters. The Morgan fingerprint density at radius 1 is 1.62 bits per heavy atom. The van der Waals surface area contributed by atoms with Crippen LogP contribution in [-0.4, -0.2) is 22.4 Å². The quantitative estimate of drug-likeness (QED) is 0.724. The molecule has 0 amide bonds. The van der Waals surface area contributed by atoms with E-state index >= 15 is 0 Å². The van der Waals surface area contributed by atoms with Gasteiger partial charge in [0.2, 0.25) is 0 Å². The molecule has 1 rings (SSSR count). The molecular formula is C9H18N4. The van der Waals surface area contributed by atoms with Gasteiger partial charge in [-0.25, -0.2) is 0 Å². The van der Waals surface area contributed by atoms with Gasteiger partial charge in [0.05, 0.1) is 11.9 Å². The summed E-state index contributed by atoms with van der Waals surface area (Å²) in [6.07, 6.45) is 3.74. The van der Waals surface area contributed by atoms with E-state index in [1.807, 2.05) is 13.2 Å². The Morgan fingerprint density at radius 2 is 2.31 bits per heavy atom. The van der Waals surface area contributed by atoms with Crippen LogP contribution in [0.2, 0.25) is 0 Å². The summed E-state index contributed by atoms with van der Waals surface area (Å²) in [4.78, 5) is 0. The molecule has 0 spiro atoms. The molecule has 0 aliphatic heterocycles. The number of hydrogen-bond acceptors (Lipinski definition) is 3. The van der Waals surface area contributed by atoms with Crippen LogP contribution in [0, 0.1) is 5.92 Å². The van der Waals surface area contributed by atoms with Crippen molar-refractivity contribution in [3.05, 3.63) is 12.4 Å².